The summed E-state index contributed by atoms with van der Waals surface area (Å²) in [4.78, 5) is 0. The first-order valence-corrected chi connectivity index (χ1v) is 6.87. The number of para-hydroxylation sites is 1. The van der Waals surface area contributed by atoms with Crippen LogP contribution in [0.15, 0.2) is 24.3 Å². The fourth-order valence-electron chi connectivity index (χ4n) is 3.70. The Balaban J connectivity index is 1.96. The van der Waals surface area contributed by atoms with Gasteiger partial charge in [-0.2, -0.15) is 5.26 Å². The second-order valence-corrected chi connectivity index (χ2v) is 5.58. The fourth-order valence-corrected chi connectivity index (χ4v) is 3.70. The van der Waals surface area contributed by atoms with Crippen molar-refractivity contribution in [2.45, 2.75) is 38.1 Å². The molecule has 1 saturated carbocycles. The maximum Gasteiger partial charge on any atom is 0.0625 e. The average molecular weight is 236 g/mol. The van der Waals surface area contributed by atoms with Gasteiger partial charge in [-0.25, -0.2) is 0 Å². The van der Waals surface area contributed by atoms with Crippen molar-refractivity contribution in [2.24, 2.45) is 5.92 Å². The zero-order chi connectivity index (χ0) is 12.1. The predicted octanol–water partition coefficient (Wildman–Crippen LogP) is 3.60. The van der Waals surface area contributed by atoms with E-state index in [9.17, 15) is 0 Å². The Morgan fingerprint density at radius 2 is 2.22 bits per heavy atom. The molecule has 2 nitrogen and oxygen atoms in total. The molecule has 2 aromatic rings. The van der Waals surface area contributed by atoms with Crippen LogP contribution in [0.5, 0.6) is 0 Å². The van der Waals surface area contributed by atoms with Gasteiger partial charge in [-0.1, -0.05) is 18.2 Å². The quantitative estimate of drug-likeness (QED) is 0.783. The highest BCUT2D eigenvalue weighted by atomic mass is 15.0. The Kier molecular flexibility index (Phi) is 2.05. The molecule has 2 heteroatoms. The molecule has 2 atom stereocenters. The van der Waals surface area contributed by atoms with E-state index < -0.39 is 0 Å². The highest BCUT2D eigenvalue weighted by molar-refractivity contribution is 5.86. The second-order valence-electron chi connectivity index (χ2n) is 5.58. The molecule has 0 N–H and O–H groups in total. The van der Waals surface area contributed by atoms with Crippen molar-refractivity contribution in [2.75, 3.05) is 0 Å². The van der Waals surface area contributed by atoms with Gasteiger partial charge in [-0.3, -0.25) is 0 Å². The molecule has 1 aromatic heterocycles. The molecule has 1 aliphatic carbocycles. The van der Waals surface area contributed by atoms with E-state index in [0.29, 0.717) is 6.42 Å². The minimum Gasteiger partial charge on any atom is -0.344 e. The molecule has 2 aliphatic rings. The lowest BCUT2D eigenvalue weighted by molar-refractivity contribution is 0.534. The Morgan fingerprint density at radius 1 is 1.33 bits per heavy atom. The number of rotatable bonds is 2. The third kappa shape index (κ3) is 1.28. The summed E-state index contributed by atoms with van der Waals surface area (Å²) in [6, 6.07) is 11.0. The predicted molar refractivity (Wildman–Crippen MR) is 71.3 cm³/mol. The molecule has 0 spiro atoms. The van der Waals surface area contributed by atoms with Crippen molar-refractivity contribution in [3.63, 3.8) is 0 Å². The summed E-state index contributed by atoms with van der Waals surface area (Å²) in [5, 5.41) is 10.2. The van der Waals surface area contributed by atoms with E-state index in [1.54, 1.807) is 5.69 Å². The fraction of sp³-hybridized carbons (Fsp3) is 0.438. The van der Waals surface area contributed by atoms with Gasteiger partial charge in [0.15, 0.2) is 0 Å². The lowest BCUT2D eigenvalue weighted by atomic mass is 10.0. The van der Waals surface area contributed by atoms with Gasteiger partial charge in [0.25, 0.3) is 0 Å². The van der Waals surface area contributed by atoms with Crippen molar-refractivity contribution in [1.29, 1.82) is 5.26 Å². The topological polar surface area (TPSA) is 28.7 Å². The molecule has 1 aliphatic heterocycles. The summed E-state index contributed by atoms with van der Waals surface area (Å²) in [5.74, 6) is 1.72. The number of fused-ring (bicyclic) bond motifs is 5. The van der Waals surface area contributed by atoms with Gasteiger partial charge in [0, 0.05) is 35.5 Å². The van der Waals surface area contributed by atoms with Gasteiger partial charge in [0.2, 0.25) is 0 Å². The van der Waals surface area contributed by atoms with E-state index in [-0.39, 0.29) is 0 Å². The van der Waals surface area contributed by atoms with E-state index in [1.165, 1.54) is 35.9 Å². The first-order chi connectivity index (χ1) is 8.90. The van der Waals surface area contributed by atoms with Crippen LogP contribution in [0.1, 0.15) is 36.4 Å². The minimum atomic E-state index is 0.637. The summed E-state index contributed by atoms with van der Waals surface area (Å²) in [6.07, 6.45) is 4.27. The summed E-state index contributed by atoms with van der Waals surface area (Å²) >= 11 is 0. The van der Waals surface area contributed by atoms with Crippen molar-refractivity contribution in [1.82, 2.24) is 4.57 Å². The Labute approximate surface area is 107 Å². The number of aromatic nitrogens is 1. The van der Waals surface area contributed by atoms with E-state index in [4.69, 9.17) is 5.26 Å². The van der Waals surface area contributed by atoms with E-state index >= 15 is 0 Å². The van der Waals surface area contributed by atoms with Crippen molar-refractivity contribution in [3.8, 4) is 6.07 Å². The SMILES string of the molecule is N#CCCc1c2n(c3ccccc13)CCC1CC21. The first kappa shape index (κ1) is 10.2. The maximum absolute atomic E-state index is 8.86. The molecule has 0 saturated heterocycles. The molecule has 90 valence electrons. The van der Waals surface area contributed by atoms with Crippen molar-refractivity contribution in [3.05, 3.63) is 35.5 Å². The first-order valence-electron chi connectivity index (χ1n) is 6.87. The highest BCUT2D eigenvalue weighted by Crippen LogP contribution is 2.55. The Morgan fingerprint density at radius 3 is 3.11 bits per heavy atom. The number of nitrogens with zero attached hydrogens (tertiary/aromatic N) is 2. The maximum atomic E-state index is 8.86. The standard InChI is InChI=1S/C16H16N2/c17-8-3-5-13-12-4-1-2-6-15(12)18-9-7-11-10-14(11)16(13)18/h1-2,4,6,11,14H,3,5,7,9-10H2. The number of hydrogen-bond acceptors (Lipinski definition) is 1. The van der Waals surface area contributed by atoms with Gasteiger partial charge >= 0.3 is 0 Å². The van der Waals surface area contributed by atoms with Crippen LogP contribution >= 0.6 is 0 Å². The minimum absolute atomic E-state index is 0.637. The van der Waals surface area contributed by atoms with E-state index in [0.717, 1.165) is 18.3 Å². The Hall–Kier alpha value is -1.75. The van der Waals surface area contributed by atoms with Crippen LogP contribution in [-0.4, -0.2) is 4.57 Å². The van der Waals surface area contributed by atoms with Crippen LogP contribution in [-0.2, 0) is 13.0 Å². The van der Waals surface area contributed by atoms with Crippen LogP contribution in [0.3, 0.4) is 0 Å². The van der Waals surface area contributed by atoms with Crippen LogP contribution in [0.2, 0.25) is 0 Å². The Bertz CT molecular complexity index is 660. The summed E-state index contributed by atoms with van der Waals surface area (Å²) in [6.45, 7) is 1.17. The lowest BCUT2D eigenvalue weighted by Crippen LogP contribution is -2.10. The van der Waals surface area contributed by atoms with Crippen LogP contribution in [0.4, 0.5) is 0 Å². The molecule has 1 fully saturated rings. The molecular formula is C16H16N2. The van der Waals surface area contributed by atoms with Gasteiger partial charge in [0.1, 0.15) is 0 Å². The molecule has 2 unspecified atom stereocenters. The zero-order valence-electron chi connectivity index (χ0n) is 10.4. The van der Waals surface area contributed by atoms with Crippen LogP contribution in [0, 0.1) is 17.2 Å². The molecule has 2 heterocycles. The summed E-state index contributed by atoms with van der Waals surface area (Å²) in [5.41, 5.74) is 4.40. The highest BCUT2D eigenvalue weighted by Gasteiger charge is 2.44. The molecule has 0 amide bonds. The monoisotopic (exact) mass is 236 g/mol. The normalized spacial score (nSPS) is 24.4. The molecule has 1 aromatic carbocycles. The summed E-state index contributed by atoms with van der Waals surface area (Å²) < 4.78 is 2.52. The average Bonchev–Trinajstić information content (AvgIpc) is 3.13. The number of aryl methyl sites for hydroxylation is 2. The number of benzene rings is 1. The molecule has 0 radical (unpaired) electrons. The lowest BCUT2D eigenvalue weighted by Gasteiger charge is -2.16. The van der Waals surface area contributed by atoms with E-state index in [2.05, 4.69) is 34.9 Å². The number of nitriles is 1. The van der Waals surface area contributed by atoms with Crippen LogP contribution in [0.25, 0.3) is 10.9 Å². The van der Waals surface area contributed by atoms with Crippen LogP contribution < -0.4 is 0 Å². The number of hydrogen-bond donors (Lipinski definition) is 0. The summed E-state index contributed by atoms with van der Waals surface area (Å²) in [7, 11) is 0. The third-order valence-electron chi connectivity index (χ3n) is 4.60. The van der Waals surface area contributed by atoms with Crippen molar-refractivity contribution >= 4 is 10.9 Å². The largest absolute Gasteiger partial charge is 0.344 e. The van der Waals surface area contributed by atoms with Crippen molar-refractivity contribution < 1.29 is 0 Å². The third-order valence-corrected chi connectivity index (χ3v) is 4.60. The van der Waals surface area contributed by atoms with Gasteiger partial charge in [-0.05, 0) is 36.8 Å². The molecule has 18 heavy (non-hydrogen) atoms. The smallest absolute Gasteiger partial charge is 0.0625 e. The zero-order valence-corrected chi connectivity index (χ0v) is 10.4. The molecule has 4 rings (SSSR count). The van der Waals surface area contributed by atoms with Gasteiger partial charge in [-0.15, -0.1) is 0 Å². The van der Waals surface area contributed by atoms with Gasteiger partial charge < -0.3 is 4.57 Å². The second kappa shape index (κ2) is 3.62. The van der Waals surface area contributed by atoms with E-state index in [1.807, 2.05) is 0 Å². The van der Waals surface area contributed by atoms with Gasteiger partial charge in [0.05, 0.1) is 6.07 Å². The molecule has 0 bridgehead atoms. The molecular weight excluding hydrogens is 220 g/mol.